The molecule has 0 bridgehead atoms. The van der Waals surface area contributed by atoms with Gasteiger partial charge in [-0.15, -0.1) is 0 Å². The minimum Gasteiger partial charge on any atom is -0.490 e. The summed E-state index contributed by atoms with van der Waals surface area (Å²) in [6.07, 6.45) is 0.508. The van der Waals surface area contributed by atoms with Crippen LogP contribution in [-0.2, 0) is 4.79 Å². The number of benzene rings is 2. The van der Waals surface area contributed by atoms with Crippen molar-refractivity contribution in [2.24, 2.45) is 0 Å². The van der Waals surface area contributed by atoms with Crippen LogP contribution in [0.5, 0.6) is 5.75 Å². The molecular weight excluding hydrogens is 339 g/mol. The van der Waals surface area contributed by atoms with Crippen LogP contribution in [0, 0.1) is 5.82 Å². The van der Waals surface area contributed by atoms with Crippen molar-refractivity contribution >= 4 is 17.0 Å². The van der Waals surface area contributed by atoms with Crippen molar-refractivity contribution in [2.75, 3.05) is 13.2 Å². The third kappa shape index (κ3) is 3.77. The highest BCUT2D eigenvalue weighted by atomic mass is 19.1. The SMILES string of the molecule is C[C@@H](C(=O)NCCCOc1ccccc1F)n1c(=O)oc2ccccc21. The van der Waals surface area contributed by atoms with E-state index in [1.54, 1.807) is 49.4 Å². The maximum absolute atomic E-state index is 13.4. The van der Waals surface area contributed by atoms with Gasteiger partial charge >= 0.3 is 5.76 Å². The summed E-state index contributed by atoms with van der Waals surface area (Å²) < 4.78 is 25.2. The highest BCUT2D eigenvalue weighted by Gasteiger charge is 2.20. The van der Waals surface area contributed by atoms with Gasteiger partial charge < -0.3 is 14.5 Å². The van der Waals surface area contributed by atoms with E-state index in [0.29, 0.717) is 24.1 Å². The number of fused-ring (bicyclic) bond motifs is 1. The van der Waals surface area contributed by atoms with Crippen LogP contribution in [0.15, 0.2) is 57.7 Å². The van der Waals surface area contributed by atoms with Gasteiger partial charge in [0.05, 0.1) is 12.1 Å². The Morgan fingerprint density at radius 3 is 2.77 bits per heavy atom. The molecule has 0 fully saturated rings. The standard InChI is InChI=1S/C19H19FN2O4/c1-13(22-15-8-3-5-10-17(15)26-19(22)24)18(23)21-11-6-12-25-16-9-4-2-7-14(16)20/h2-5,7-10,13H,6,11-12H2,1H3,(H,21,23)/t13-/m0/s1. The van der Waals surface area contributed by atoms with E-state index in [2.05, 4.69) is 5.32 Å². The second-order valence-corrected chi connectivity index (χ2v) is 5.81. The van der Waals surface area contributed by atoms with Crippen LogP contribution in [0.2, 0.25) is 0 Å². The Bertz CT molecular complexity index is 963. The number of carbonyl (C=O) groups excluding carboxylic acids is 1. The number of para-hydroxylation sites is 3. The smallest absolute Gasteiger partial charge is 0.420 e. The summed E-state index contributed by atoms with van der Waals surface area (Å²) in [6.45, 7) is 2.25. The molecule has 26 heavy (non-hydrogen) atoms. The highest BCUT2D eigenvalue weighted by molar-refractivity contribution is 5.82. The normalized spacial score (nSPS) is 12.1. The fourth-order valence-corrected chi connectivity index (χ4v) is 2.64. The Labute approximate surface area is 149 Å². The number of nitrogens with one attached hydrogen (secondary N) is 1. The Morgan fingerprint density at radius 1 is 1.23 bits per heavy atom. The van der Waals surface area contributed by atoms with Gasteiger partial charge in [-0.25, -0.2) is 9.18 Å². The van der Waals surface area contributed by atoms with Gasteiger partial charge in [-0.1, -0.05) is 24.3 Å². The maximum atomic E-state index is 13.4. The quantitative estimate of drug-likeness (QED) is 0.659. The molecule has 0 saturated heterocycles. The number of amides is 1. The lowest BCUT2D eigenvalue weighted by Gasteiger charge is -2.13. The van der Waals surface area contributed by atoms with Gasteiger partial charge in [0, 0.05) is 6.54 Å². The van der Waals surface area contributed by atoms with Crippen molar-refractivity contribution in [1.29, 1.82) is 0 Å². The molecule has 0 aliphatic rings. The van der Waals surface area contributed by atoms with Crippen LogP contribution in [0.1, 0.15) is 19.4 Å². The molecule has 0 radical (unpaired) electrons. The summed E-state index contributed by atoms with van der Waals surface area (Å²) in [5.41, 5.74) is 1.01. The number of nitrogens with zero attached hydrogens (tertiary/aromatic N) is 1. The van der Waals surface area contributed by atoms with Gasteiger partial charge in [0.15, 0.2) is 17.1 Å². The second-order valence-electron chi connectivity index (χ2n) is 5.81. The molecule has 1 heterocycles. The van der Waals surface area contributed by atoms with E-state index in [4.69, 9.17) is 9.15 Å². The minimum absolute atomic E-state index is 0.184. The average molecular weight is 358 g/mol. The van der Waals surface area contributed by atoms with Gasteiger partial charge in [0.2, 0.25) is 5.91 Å². The number of halogens is 1. The molecular formula is C19H19FN2O4. The lowest BCUT2D eigenvalue weighted by Crippen LogP contribution is -2.35. The number of aromatic nitrogens is 1. The van der Waals surface area contributed by atoms with E-state index in [1.807, 2.05) is 0 Å². The molecule has 1 aromatic heterocycles. The molecule has 0 unspecified atom stereocenters. The predicted molar refractivity (Wildman–Crippen MR) is 94.7 cm³/mol. The van der Waals surface area contributed by atoms with Crippen LogP contribution < -0.4 is 15.8 Å². The molecule has 136 valence electrons. The Balaban J connectivity index is 1.52. The third-order valence-electron chi connectivity index (χ3n) is 4.00. The molecule has 6 nitrogen and oxygen atoms in total. The first-order chi connectivity index (χ1) is 12.6. The summed E-state index contributed by atoms with van der Waals surface area (Å²) in [5, 5.41) is 2.75. The fraction of sp³-hybridized carbons (Fsp3) is 0.263. The van der Waals surface area contributed by atoms with Gasteiger partial charge in [0.25, 0.3) is 0 Å². The van der Waals surface area contributed by atoms with E-state index >= 15 is 0 Å². The average Bonchev–Trinajstić information content (AvgIpc) is 2.97. The maximum Gasteiger partial charge on any atom is 0.420 e. The monoisotopic (exact) mass is 358 g/mol. The van der Waals surface area contributed by atoms with Crippen molar-refractivity contribution in [3.63, 3.8) is 0 Å². The fourth-order valence-electron chi connectivity index (χ4n) is 2.64. The van der Waals surface area contributed by atoms with Crippen LogP contribution in [0.4, 0.5) is 4.39 Å². The van der Waals surface area contributed by atoms with E-state index in [1.165, 1.54) is 10.6 Å². The van der Waals surface area contributed by atoms with Crippen molar-refractivity contribution in [1.82, 2.24) is 9.88 Å². The molecule has 3 aromatic rings. The zero-order valence-electron chi connectivity index (χ0n) is 14.3. The van der Waals surface area contributed by atoms with Crippen molar-refractivity contribution in [3.8, 4) is 5.75 Å². The Kier molecular flexibility index (Phi) is 5.36. The number of hydrogen-bond acceptors (Lipinski definition) is 4. The third-order valence-corrected chi connectivity index (χ3v) is 4.00. The number of oxazole rings is 1. The van der Waals surface area contributed by atoms with Gasteiger partial charge in [-0.2, -0.15) is 0 Å². The lowest BCUT2D eigenvalue weighted by atomic mass is 10.2. The largest absolute Gasteiger partial charge is 0.490 e. The van der Waals surface area contributed by atoms with Gasteiger partial charge in [0.1, 0.15) is 6.04 Å². The van der Waals surface area contributed by atoms with Gasteiger partial charge in [-0.05, 0) is 37.6 Å². The molecule has 0 saturated carbocycles. The lowest BCUT2D eigenvalue weighted by molar-refractivity contribution is -0.123. The molecule has 1 amide bonds. The zero-order valence-corrected chi connectivity index (χ0v) is 14.3. The Morgan fingerprint density at radius 2 is 1.96 bits per heavy atom. The number of carbonyl (C=O) groups is 1. The summed E-state index contributed by atoms with van der Waals surface area (Å²) in [4.78, 5) is 24.3. The summed E-state index contributed by atoms with van der Waals surface area (Å²) in [6, 6.07) is 12.4. The van der Waals surface area contributed by atoms with E-state index < -0.39 is 17.6 Å². The first-order valence-electron chi connectivity index (χ1n) is 8.33. The highest BCUT2D eigenvalue weighted by Crippen LogP contribution is 2.17. The number of ether oxygens (including phenoxy) is 1. The van der Waals surface area contributed by atoms with Crippen molar-refractivity contribution in [2.45, 2.75) is 19.4 Å². The van der Waals surface area contributed by atoms with Crippen LogP contribution in [-0.4, -0.2) is 23.6 Å². The number of rotatable bonds is 7. The molecule has 0 spiro atoms. The molecule has 0 aliphatic carbocycles. The molecule has 1 atom stereocenters. The predicted octanol–water partition coefficient (Wildman–Crippen LogP) is 2.88. The first-order valence-corrected chi connectivity index (χ1v) is 8.33. The summed E-state index contributed by atoms with van der Waals surface area (Å²) in [5.74, 6) is -1.11. The van der Waals surface area contributed by atoms with Crippen molar-refractivity contribution < 1.29 is 18.3 Å². The number of hydrogen-bond donors (Lipinski definition) is 1. The van der Waals surface area contributed by atoms with E-state index in [0.717, 1.165) is 0 Å². The van der Waals surface area contributed by atoms with Crippen LogP contribution in [0.3, 0.4) is 0 Å². The molecule has 7 heteroatoms. The van der Waals surface area contributed by atoms with E-state index in [9.17, 15) is 14.0 Å². The van der Waals surface area contributed by atoms with Gasteiger partial charge in [-0.3, -0.25) is 9.36 Å². The summed E-state index contributed by atoms with van der Waals surface area (Å²) >= 11 is 0. The first kappa shape index (κ1) is 17.7. The zero-order chi connectivity index (χ0) is 18.5. The second kappa shape index (κ2) is 7.86. The molecule has 3 rings (SSSR count). The van der Waals surface area contributed by atoms with E-state index in [-0.39, 0.29) is 18.3 Å². The van der Waals surface area contributed by atoms with Crippen molar-refractivity contribution in [3.05, 3.63) is 64.9 Å². The molecule has 1 N–H and O–H groups in total. The van der Waals surface area contributed by atoms with Crippen LogP contribution in [0.25, 0.3) is 11.1 Å². The Hall–Kier alpha value is -3.09. The minimum atomic E-state index is -0.710. The molecule has 2 aromatic carbocycles. The topological polar surface area (TPSA) is 73.5 Å². The summed E-state index contributed by atoms with van der Waals surface area (Å²) in [7, 11) is 0. The molecule has 0 aliphatic heterocycles. The van der Waals surface area contributed by atoms with Crippen LogP contribution >= 0.6 is 0 Å².